The van der Waals surface area contributed by atoms with Crippen LogP contribution in [0.5, 0.6) is 0 Å². The maximum Gasteiger partial charge on any atom is 0.335 e. The third-order valence-electron chi connectivity index (χ3n) is 2.72. The zero-order valence-corrected chi connectivity index (χ0v) is 10.3. The molecule has 0 saturated heterocycles. The van der Waals surface area contributed by atoms with Gasteiger partial charge in [0.05, 0.1) is 11.6 Å². The molecule has 0 aliphatic rings. The first-order chi connectivity index (χ1) is 8.58. The molecule has 0 bridgehead atoms. The Bertz CT molecular complexity index is 566. The highest BCUT2D eigenvalue weighted by atomic mass is 35.5. The van der Waals surface area contributed by atoms with Gasteiger partial charge in [0.2, 0.25) is 0 Å². The highest BCUT2D eigenvalue weighted by Crippen LogP contribution is 2.22. The van der Waals surface area contributed by atoms with Crippen molar-refractivity contribution in [2.45, 2.75) is 6.04 Å². The maximum atomic E-state index is 10.9. The normalized spacial score (nSPS) is 12.1. The van der Waals surface area contributed by atoms with Crippen LogP contribution in [0, 0.1) is 0 Å². The molecule has 2 aromatic rings. The molecule has 3 nitrogen and oxygen atoms in total. The smallest absolute Gasteiger partial charge is 0.335 e. The van der Waals surface area contributed by atoms with Gasteiger partial charge in [0.25, 0.3) is 0 Å². The molecule has 0 fully saturated rings. The number of hydrogen-bond acceptors (Lipinski definition) is 2. The van der Waals surface area contributed by atoms with Gasteiger partial charge in [-0.05, 0) is 35.4 Å². The first-order valence-corrected chi connectivity index (χ1v) is 5.80. The van der Waals surface area contributed by atoms with Gasteiger partial charge in [0.15, 0.2) is 0 Å². The summed E-state index contributed by atoms with van der Waals surface area (Å²) in [6, 6.07) is 13.5. The summed E-state index contributed by atoms with van der Waals surface area (Å²) in [5.74, 6) is -0.958. The van der Waals surface area contributed by atoms with E-state index in [4.69, 9.17) is 22.4 Å². The average Bonchev–Trinajstić information content (AvgIpc) is 2.39. The van der Waals surface area contributed by atoms with E-state index in [1.54, 1.807) is 30.3 Å². The predicted octanol–water partition coefficient (Wildman–Crippen LogP) is 3.09. The lowest BCUT2D eigenvalue weighted by molar-refractivity contribution is 0.0697. The van der Waals surface area contributed by atoms with E-state index in [1.165, 1.54) is 0 Å². The Morgan fingerprint density at radius 1 is 1.11 bits per heavy atom. The van der Waals surface area contributed by atoms with Crippen LogP contribution in [0.2, 0.25) is 5.02 Å². The van der Waals surface area contributed by atoms with E-state index in [9.17, 15) is 4.79 Å². The molecule has 4 heteroatoms. The molecule has 1 atom stereocenters. The SMILES string of the molecule is NC(c1ccc(Cl)cc1)c1cccc(C(=O)O)c1. The number of nitrogens with two attached hydrogens (primary N) is 1. The molecule has 3 N–H and O–H groups in total. The van der Waals surface area contributed by atoms with Gasteiger partial charge in [-0.2, -0.15) is 0 Å². The number of aromatic carboxylic acids is 1. The van der Waals surface area contributed by atoms with Gasteiger partial charge < -0.3 is 10.8 Å². The van der Waals surface area contributed by atoms with E-state index in [0.29, 0.717) is 5.02 Å². The Labute approximate surface area is 110 Å². The second kappa shape index (κ2) is 5.21. The second-order valence-electron chi connectivity index (χ2n) is 3.96. The van der Waals surface area contributed by atoms with Gasteiger partial charge in [-0.3, -0.25) is 0 Å². The lowest BCUT2D eigenvalue weighted by Gasteiger charge is -2.13. The van der Waals surface area contributed by atoms with E-state index in [1.807, 2.05) is 18.2 Å². The molecule has 1 unspecified atom stereocenters. The van der Waals surface area contributed by atoms with E-state index in [0.717, 1.165) is 11.1 Å². The van der Waals surface area contributed by atoms with E-state index < -0.39 is 5.97 Å². The molecule has 0 saturated carbocycles. The minimum Gasteiger partial charge on any atom is -0.478 e. The first-order valence-electron chi connectivity index (χ1n) is 5.42. The quantitative estimate of drug-likeness (QED) is 0.892. The summed E-state index contributed by atoms with van der Waals surface area (Å²) in [5, 5.41) is 9.58. The van der Waals surface area contributed by atoms with Crippen LogP contribution < -0.4 is 5.73 Å². The van der Waals surface area contributed by atoms with Crippen LogP contribution in [0.4, 0.5) is 0 Å². The number of hydrogen-bond donors (Lipinski definition) is 2. The van der Waals surface area contributed by atoms with Crippen molar-refractivity contribution in [3.63, 3.8) is 0 Å². The van der Waals surface area contributed by atoms with Crippen molar-refractivity contribution in [1.29, 1.82) is 0 Å². The molecule has 0 spiro atoms. The number of rotatable bonds is 3. The zero-order valence-electron chi connectivity index (χ0n) is 9.51. The first kappa shape index (κ1) is 12.6. The highest BCUT2D eigenvalue weighted by Gasteiger charge is 2.11. The molecular formula is C14H12ClNO2. The van der Waals surface area contributed by atoms with Gasteiger partial charge >= 0.3 is 5.97 Å². The third-order valence-corrected chi connectivity index (χ3v) is 2.97. The Hall–Kier alpha value is -1.84. The standard InChI is InChI=1S/C14H12ClNO2/c15-12-6-4-9(5-7-12)13(16)10-2-1-3-11(8-10)14(17)18/h1-8,13H,16H2,(H,17,18). The number of carbonyl (C=O) groups is 1. The van der Waals surface area contributed by atoms with Crippen LogP contribution in [0.15, 0.2) is 48.5 Å². The van der Waals surface area contributed by atoms with E-state index >= 15 is 0 Å². The lowest BCUT2D eigenvalue weighted by atomic mass is 9.98. The van der Waals surface area contributed by atoms with Gasteiger partial charge in [-0.25, -0.2) is 4.79 Å². The van der Waals surface area contributed by atoms with Crippen molar-refractivity contribution in [3.8, 4) is 0 Å². The Morgan fingerprint density at radius 2 is 1.78 bits per heavy atom. The van der Waals surface area contributed by atoms with Gasteiger partial charge in [0.1, 0.15) is 0 Å². The van der Waals surface area contributed by atoms with Crippen molar-refractivity contribution >= 4 is 17.6 Å². The van der Waals surface area contributed by atoms with Crippen LogP contribution in [-0.4, -0.2) is 11.1 Å². The van der Waals surface area contributed by atoms with Gasteiger partial charge in [-0.15, -0.1) is 0 Å². The zero-order chi connectivity index (χ0) is 13.1. The molecule has 18 heavy (non-hydrogen) atoms. The summed E-state index contributed by atoms with van der Waals surface area (Å²) in [4.78, 5) is 10.9. The van der Waals surface area contributed by atoms with Crippen LogP contribution in [0.3, 0.4) is 0 Å². The summed E-state index contributed by atoms with van der Waals surface area (Å²) >= 11 is 5.81. The van der Waals surface area contributed by atoms with Gasteiger partial charge in [-0.1, -0.05) is 35.9 Å². The number of halogens is 1. The molecule has 0 amide bonds. The molecule has 0 radical (unpaired) electrons. The third kappa shape index (κ3) is 2.70. The topological polar surface area (TPSA) is 63.3 Å². The fourth-order valence-electron chi connectivity index (χ4n) is 1.73. The number of carboxylic acids is 1. The summed E-state index contributed by atoms with van der Waals surface area (Å²) in [6.45, 7) is 0. The molecule has 2 rings (SSSR count). The van der Waals surface area contributed by atoms with Crippen molar-refractivity contribution in [2.24, 2.45) is 5.73 Å². The molecule has 0 aromatic heterocycles. The Balaban J connectivity index is 2.33. The fraction of sp³-hybridized carbons (Fsp3) is 0.0714. The minimum atomic E-state index is -0.958. The summed E-state index contributed by atoms with van der Waals surface area (Å²) < 4.78 is 0. The Morgan fingerprint density at radius 3 is 2.39 bits per heavy atom. The van der Waals surface area contributed by atoms with Crippen LogP contribution in [0.1, 0.15) is 27.5 Å². The fourth-order valence-corrected chi connectivity index (χ4v) is 1.85. The minimum absolute atomic E-state index is 0.233. The molecule has 2 aromatic carbocycles. The van der Waals surface area contributed by atoms with Crippen LogP contribution >= 0.6 is 11.6 Å². The predicted molar refractivity (Wildman–Crippen MR) is 70.9 cm³/mol. The number of benzene rings is 2. The van der Waals surface area contributed by atoms with E-state index in [2.05, 4.69) is 0 Å². The second-order valence-corrected chi connectivity index (χ2v) is 4.40. The van der Waals surface area contributed by atoms with Crippen molar-refractivity contribution in [2.75, 3.05) is 0 Å². The largest absolute Gasteiger partial charge is 0.478 e. The number of carboxylic acid groups (broad SMARTS) is 1. The van der Waals surface area contributed by atoms with Crippen LogP contribution in [-0.2, 0) is 0 Å². The summed E-state index contributed by atoms with van der Waals surface area (Å²) in [7, 11) is 0. The molecule has 92 valence electrons. The van der Waals surface area contributed by atoms with Crippen LogP contribution in [0.25, 0.3) is 0 Å². The van der Waals surface area contributed by atoms with Gasteiger partial charge in [0, 0.05) is 5.02 Å². The lowest BCUT2D eigenvalue weighted by Crippen LogP contribution is -2.12. The maximum absolute atomic E-state index is 10.9. The summed E-state index contributed by atoms with van der Waals surface area (Å²) in [6.07, 6.45) is 0. The summed E-state index contributed by atoms with van der Waals surface area (Å²) in [5.41, 5.74) is 7.98. The average molecular weight is 262 g/mol. The molecule has 0 heterocycles. The Kier molecular flexibility index (Phi) is 3.65. The highest BCUT2D eigenvalue weighted by molar-refractivity contribution is 6.30. The monoisotopic (exact) mass is 261 g/mol. The molecule has 0 aliphatic heterocycles. The molecule has 0 aliphatic carbocycles. The van der Waals surface area contributed by atoms with E-state index in [-0.39, 0.29) is 11.6 Å². The van der Waals surface area contributed by atoms with Crippen molar-refractivity contribution in [3.05, 3.63) is 70.2 Å². The van der Waals surface area contributed by atoms with Crippen molar-refractivity contribution in [1.82, 2.24) is 0 Å². The van der Waals surface area contributed by atoms with Crippen molar-refractivity contribution < 1.29 is 9.90 Å². The molecular weight excluding hydrogens is 250 g/mol.